The molecule has 2 N–H and O–H groups in total. The van der Waals surface area contributed by atoms with Gasteiger partial charge in [-0.15, -0.1) is 0 Å². The minimum atomic E-state index is -0.290. The summed E-state index contributed by atoms with van der Waals surface area (Å²) in [6.45, 7) is 1.35. The van der Waals surface area contributed by atoms with E-state index < -0.39 is 0 Å². The zero-order valence-corrected chi connectivity index (χ0v) is 12.9. The summed E-state index contributed by atoms with van der Waals surface area (Å²) in [6.07, 6.45) is 1.84. The molecular weight excluding hydrogens is 299 g/mol. The number of hydrogen-bond donors (Lipinski definition) is 2. The van der Waals surface area contributed by atoms with Crippen LogP contribution in [-0.2, 0) is 11.2 Å². The number of benzene rings is 1. The summed E-state index contributed by atoms with van der Waals surface area (Å²) >= 11 is 0. The first-order valence-corrected chi connectivity index (χ1v) is 7.27. The second kappa shape index (κ2) is 8.79. The lowest BCUT2D eigenvalue weighted by Crippen LogP contribution is -2.27. The second-order valence-corrected chi connectivity index (χ2v) is 4.81. The molecule has 1 amide bonds. The predicted octanol–water partition coefficient (Wildman–Crippen LogP) is 1.65. The molecule has 0 aliphatic carbocycles. The van der Waals surface area contributed by atoms with E-state index in [-0.39, 0.29) is 17.4 Å². The Morgan fingerprint density at radius 1 is 1.26 bits per heavy atom. The average Bonchev–Trinajstić information content (AvgIpc) is 2.57. The van der Waals surface area contributed by atoms with Crippen LogP contribution in [0.3, 0.4) is 0 Å². The van der Waals surface area contributed by atoms with E-state index in [0.717, 1.165) is 0 Å². The molecule has 0 fully saturated rings. The maximum atomic E-state index is 13.5. The number of ether oxygens (including phenoxy) is 1. The van der Waals surface area contributed by atoms with Crippen LogP contribution < -0.4 is 10.6 Å². The first-order chi connectivity index (χ1) is 11.2. The number of aromatic nitrogens is 2. The Labute approximate surface area is 134 Å². The molecular formula is C16H19FN4O2. The van der Waals surface area contributed by atoms with Gasteiger partial charge in [-0.3, -0.25) is 4.79 Å². The van der Waals surface area contributed by atoms with E-state index >= 15 is 0 Å². The van der Waals surface area contributed by atoms with Crippen LogP contribution in [0.5, 0.6) is 0 Å². The maximum Gasteiger partial charge on any atom is 0.270 e. The Morgan fingerprint density at radius 2 is 2.09 bits per heavy atom. The number of carbonyl (C=O) groups excluding carboxylic acids is 1. The number of hydrogen-bond acceptors (Lipinski definition) is 5. The highest BCUT2D eigenvalue weighted by molar-refractivity contribution is 5.92. The van der Waals surface area contributed by atoms with Crippen LogP contribution in [0.4, 0.5) is 10.2 Å². The third-order valence-corrected chi connectivity index (χ3v) is 3.15. The minimum Gasteiger partial charge on any atom is -0.383 e. The van der Waals surface area contributed by atoms with Crippen molar-refractivity contribution in [2.45, 2.75) is 6.42 Å². The molecule has 0 atom stereocenters. The van der Waals surface area contributed by atoms with Crippen LogP contribution >= 0.6 is 0 Å². The van der Waals surface area contributed by atoms with Gasteiger partial charge in [0.2, 0.25) is 0 Å². The fourth-order valence-corrected chi connectivity index (χ4v) is 1.96. The number of methoxy groups -OCH3 is 1. The first-order valence-electron chi connectivity index (χ1n) is 7.27. The fourth-order valence-electron chi connectivity index (χ4n) is 1.96. The van der Waals surface area contributed by atoms with E-state index in [0.29, 0.717) is 37.5 Å². The van der Waals surface area contributed by atoms with Crippen molar-refractivity contribution in [3.05, 3.63) is 53.7 Å². The smallest absolute Gasteiger partial charge is 0.270 e. The normalized spacial score (nSPS) is 10.3. The summed E-state index contributed by atoms with van der Waals surface area (Å²) in [5.41, 5.74) is 0.899. The molecule has 7 heteroatoms. The number of nitrogens with zero attached hydrogens (tertiary/aromatic N) is 2. The molecule has 122 valence electrons. The van der Waals surface area contributed by atoms with Crippen molar-refractivity contribution < 1.29 is 13.9 Å². The minimum absolute atomic E-state index is 0.227. The first kappa shape index (κ1) is 16.8. The van der Waals surface area contributed by atoms with Crippen molar-refractivity contribution in [2.24, 2.45) is 0 Å². The van der Waals surface area contributed by atoms with Crippen molar-refractivity contribution in [1.29, 1.82) is 0 Å². The molecule has 6 nitrogen and oxygen atoms in total. The number of nitrogens with one attached hydrogen (secondary N) is 2. The van der Waals surface area contributed by atoms with Gasteiger partial charge >= 0.3 is 0 Å². The van der Waals surface area contributed by atoms with Crippen molar-refractivity contribution in [3.63, 3.8) is 0 Å². The Hall–Kier alpha value is -2.54. The fraction of sp³-hybridized carbons (Fsp3) is 0.312. The maximum absolute atomic E-state index is 13.5. The van der Waals surface area contributed by atoms with Gasteiger partial charge in [-0.25, -0.2) is 14.4 Å². The molecule has 0 spiro atoms. The Morgan fingerprint density at radius 3 is 2.87 bits per heavy atom. The lowest BCUT2D eigenvalue weighted by molar-refractivity contribution is 0.0932. The van der Waals surface area contributed by atoms with Gasteiger partial charge in [-0.2, -0.15) is 0 Å². The highest BCUT2D eigenvalue weighted by atomic mass is 19.1. The van der Waals surface area contributed by atoms with Gasteiger partial charge < -0.3 is 15.4 Å². The third-order valence-electron chi connectivity index (χ3n) is 3.15. The van der Waals surface area contributed by atoms with E-state index in [9.17, 15) is 9.18 Å². The monoisotopic (exact) mass is 318 g/mol. The predicted molar refractivity (Wildman–Crippen MR) is 84.8 cm³/mol. The molecule has 2 rings (SSSR count). The summed E-state index contributed by atoms with van der Waals surface area (Å²) in [4.78, 5) is 19.9. The van der Waals surface area contributed by atoms with Crippen LogP contribution in [0.2, 0.25) is 0 Å². The van der Waals surface area contributed by atoms with Gasteiger partial charge in [0.25, 0.3) is 5.91 Å². The van der Waals surface area contributed by atoms with Gasteiger partial charge in [0.15, 0.2) is 0 Å². The van der Waals surface area contributed by atoms with Gasteiger partial charge in [0.1, 0.15) is 23.7 Å². The second-order valence-electron chi connectivity index (χ2n) is 4.81. The number of anilines is 1. The Balaban J connectivity index is 1.87. The number of halogens is 1. The molecule has 0 aliphatic heterocycles. The van der Waals surface area contributed by atoms with Crippen LogP contribution in [0.25, 0.3) is 0 Å². The van der Waals surface area contributed by atoms with E-state index in [2.05, 4.69) is 20.6 Å². The van der Waals surface area contributed by atoms with Crippen molar-refractivity contribution in [2.75, 3.05) is 32.1 Å². The summed E-state index contributed by atoms with van der Waals surface area (Å²) < 4.78 is 18.4. The molecule has 0 unspecified atom stereocenters. The Kier molecular flexibility index (Phi) is 6.43. The highest BCUT2D eigenvalue weighted by Gasteiger charge is 2.08. The van der Waals surface area contributed by atoms with Crippen molar-refractivity contribution >= 4 is 11.7 Å². The van der Waals surface area contributed by atoms with Gasteiger partial charge in [-0.05, 0) is 18.1 Å². The topological polar surface area (TPSA) is 76.1 Å². The third kappa shape index (κ3) is 5.30. The summed E-state index contributed by atoms with van der Waals surface area (Å²) in [7, 11) is 1.56. The molecule has 23 heavy (non-hydrogen) atoms. The highest BCUT2D eigenvalue weighted by Crippen LogP contribution is 2.08. The van der Waals surface area contributed by atoms with E-state index in [1.807, 2.05) is 0 Å². The van der Waals surface area contributed by atoms with E-state index in [1.54, 1.807) is 31.4 Å². The van der Waals surface area contributed by atoms with Crippen molar-refractivity contribution in [3.8, 4) is 0 Å². The van der Waals surface area contributed by atoms with E-state index in [4.69, 9.17) is 4.74 Å². The van der Waals surface area contributed by atoms with Crippen LogP contribution in [0.1, 0.15) is 16.1 Å². The molecule has 1 aromatic heterocycles. The molecule has 2 aromatic rings. The van der Waals surface area contributed by atoms with Crippen LogP contribution in [0.15, 0.2) is 36.7 Å². The average molecular weight is 318 g/mol. The lowest BCUT2D eigenvalue weighted by atomic mass is 10.1. The largest absolute Gasteiger partial charge is 0.383 e. The zero-order valence-electron chi connectivity index (χ0n) is 12.9. The lowest BCUT2D eigenvalue weighted by Gasteiger charge is -2.08. The summed E-state index contributed by atoms with van der Waals surface area (Å²) in [5, 5.41) is 5.75. The SMILES string of the molecule is COCCNC(=O)c1cc(NCCc2ccccc2F)ncn1. The molecule has 0 saturated heterocycles. The Bertz CT molecular complexity index is 651. The zero-order chi connectivity index (χ0) is 16.5. The molecule has 0 bridgehead atoms. The number of amides is 1. The molecule has 0 saturated carbocycles. The van der Waals surface area contributed by atoms with Crippen LogP contribution in [0, 0.1) is 5.82 Å². The summed E-state index contributed by atoms with van der Waals surface area (Å²) in [5.74, 6) is 0.00466. The quantitative estimate of drug-likeness (QED) is 0.724. The van der Waals surface area contributed by atoms with E-state index in [1.165, 1.54) is 12.4 Å². The molecule has 1 aromatic carbocycles. The van der Waals surface area contributed by atoms with Crippen LogP contribution in [-0.4, -0.2) is 42.7 Å². The number of carbonyl (C=O) groups is 1. The molecule has 0 aliphatic rings. The van der Waals surface area contributed by atoms with Gasteiger partial charge in [-0.1, -0.05) is 18.2 Å². The van der Waals surface area contributed by atoms with Gasteiger partial charge in [0, 0.05) is 26.3 Å². The van der Waals surface area contributed by atoms with Gasteiger partial charge in [0.05, 0.1) is 6.61 Å². The van der Waals surface area contributed by atoms with Crippen molar-refractivity contribution in [1.82, 2.24) is 15.3 Å². The standard InChI is InChI=1S/C16H19FN4O2/c1-23-9-8-19-16(22)14-10-15(21-11-20-14)18-7-6-12-4-2-3-5-13(12)17/h2-5,10-11H,6-9H2,1H3,(H,19,22)(H,18,20,21). The summed E-state index contributed by atoms with van der Waals surface area (Å²) in [6, 6.07) is 8.19. The molecule has 1 heterocycles. The molecule has 0 radical (unpaired) electrons. The number of rotatable bonds is 8.